The largest absolute Gasteiger partial charge is 0.481 e. The van der Waals surface area contributed by atoms with Gasteiger partial charge in [0.2, 0.25) is 5.91 Å². The van der Waals surface area contributed by atoms with Crippen LogP contribution in [0.5, 0.6) is 0 Å². The minimum absolute atomic E-state index is 0.155. The van der Waals surface area contributed by atoms with Gasteiger partial charge in [0.25, 0.3) is 5.91 Å². The smallest absolute Gasteiger partial charge is 0.419 e. The summed E-state index contributed by atoms with van der Waals surface area (Å²) in [7, 11) is 0. The molecule has 0 saturated heterocycles. The molecule has 3 unspecified atom stereocenters. The normalized spacial score (nSPS) is 20.9. The van der Waals surface area contributed by atoms with Crippen molar-refractivity contribution in [3.05, 3.63) is 65.0 Å². The SMILES string of the molecule is CCN(C(=O)CCC(=O)O)C1c2ccccc2N(C(=O)c2ccc(F)c(C(F)(F)F)c2)C2CCC12. The van der Waals surface area contributed by atoms with Gasteiger partial charge in [-0.15, -0.1) is 0 Å². The number of amides is 2. The van der Waals surface area contributed by atoms with E-state index < -0.39 is 29.4 Å². The highest BCUT2D eigenvalue weighted by molar-refractivity contribution is 6.07. The highest BCUT2D eigenvalue weighted by Gasteiger charge is 2.51. The monoisotopic (exact) mass is 492 g/mol. The van der Waals surface area contributed by atoms with Crippen LogP contribution in [0.1, 0.15) is 60.1 Å². The molecule has 1 N–H and O–H groups in total. The van der Waals surface area contributed by atoms with Crippen LogP contribution in [0.3, 0.4) is 0 Å². The summed E-state index contributed by atoms with van der Waals surface area (Å²) in [6.07, 6.45) is -4.11. The topological polar surface area (TPSA) is 77.9 Å². The first-order chi connectivity index (χ1) is 16.5. The summed E-state index contributed by atoms with van der Waals surface area (Å²) in [5.41, 5.74) is -0.628. The molecule has 2 aliphatic rings. The van der Waals surface area contributed by atoms with Crippen molar-refractivity contribution in [3.63, 3.8) is 0 Å². The molecule has 2 aromatic carbocycles. The van der Waals surface area contributed by atoms with E-state index in [2.05, 4.69) is 0 Å². The van der Waals surface area contributed by atoms with Gasteiger partial charge in [0.05, 0.1) is 18.0 Å². The van der Waals surface area contributed by atoms with Crippen LogP contribution in [0, 0.1) is 11.7 Å². The molecule has 2 aromatic rings. The Kier molecular flexibility index (Phi) is 6.57. The molecule has 0 radical (unpaired) electrons. The fourth-order valence-corrected chi connectivity index (χ4v) is 5.12. The lowest BCUT2D eigenvalue weighted by atomic mass is 9.67. The minimum Gasteiger partial charge on any atom is -0.481 e. The van der Waals surface area contributed by atoms with Crippen LogP contribution in [0.2, 0.25) is 0 Å². The lowest BCUT2D eigenvalue weighted by Gasteiger charge is -2.55. The Bertz CT molecular complexity index is 1170. The molecule has 1 fully saturated rings. The quantitative estimate of drug-likeness (QED) is 0.574. The fraction of sp³-hybridized carbons (Fsp3) is 0.400. The second-order valence-corrected chi connectivity index (χ2v) is 8.75. The number of anilines is 1. The van der Waals surface area contributed by atoms with Gasteiger partial charge in [-0.2, -0.15) is 13.2 Å². The predicted octanol–water partition coefficient (Wildman–Crippen LogP) is 5.04. The van der Waals surface area contributed by atoms with Crippen LogP contribution < -0.4 is 4.90 Å². The van der Waals surface area contributed by atoms with Crippen molar-refractivity contribution in [2.75, 3.05) is 11.4 Å². The predicted molar refractivity (Wildman–Crippen MR) is 118 cm³/mol. The molecule has 1 saturated carbocycles. The Hall–Kier alpha value is -3.43. The van der Waals surface area contributed by atoms with Gasteiger partial charge in [-0.05, 0) is 49.6 Å². The standard InChI is InChI=1S/C25H24F4N2O4/c1-2-30(21(32)11-12-22(33)34)23-15-5-3-4-6-19(15)31(20-10-8-16(20)23)24(35)14-7-9-18(26)17(13-14)25(27,28)29/h3-7,9,13,16,20,23H,2,8,10-12H2,1H3,(H,33,34). The van der Waals surface area contributed by atoms with E-state index >= 15 is 0 Å². The Morgan fingerprint density at radius 1 is 1.09 bits per heavy atom. The summed E-state index contributed by atoms with van der Waals surface area (Å²) in [5, 5.41) is 8.97. The van der Waals surface area contributed by atoms with Crippen molar-refractivity contribution >= 4 is 23.5 Å². The number of benzene rings is 2. The van der Waals surface area contributed by atoms with Crippen LogP contribution in [0.4, 0.5) is 23.2 Å². The van der Waals surface area contributed by atoms with Gasteiger partial charge >= 0.3 is 12.1 Å². The average Bonchev–Trinajstić information content (AvgIpc) is 2.78. The number of aliphatic carboxylic acids is 1. The molecule has 1 heterocycles. The Morgan fingerprint density at radius 2 is 1.80 bits per heavy atom. The van der Waals surface area contributed by atoms with Gasteiger partial charge in [0, 0.05) is 36.2 Å². The maximum absolute atomic E-state index is 13.8. The van der Waals surface area contributed by atoms with E-state index in [4.69, 9.17) is 5.11 Å². The van der Waals surface area contributed by atoms with Crippen molar-refractivity contribution in [3.8, 4) is 0 Å². The molecule has 0 spiro atoms. The van der Waals surface area contributed by atoms with Crippen molar-refractivity contribution in [2.45, 2.75) is 50.9 Å². The number of para-hydroxylation sites is 1. The number of rotatable bonds is 6. The maximum atomic E-state index is 13.8. The molecule has 1 aliphatic carbocycles. The highest BCUT2D eigenvalue weighted by atomic mass is 19.4. The zero-order valence-electron chi connectivity index (χ0n) is 18.9. The van der Waals surface area contributed by atoms with Gasteiger partial charge < -0.3 is 14.9 Å². The molecule has 0 aromatic heterocycles. The molecule has 3 atom stereocenters. The van der Waals surface area contributed by atoms with Crippen LogP contribution in [0.25, 0.3) is 0 Å². The highest BCUT2D eigenvalue weighted by Crippen LogP contribution is 2.52. The first-order valence-electron chi connectivity index (χ1n) is 11.3. The van der Waals surface area contributed by atoms with E-state index in [0.717, 1.165) is 6.07 Å². The summed E-state index contributed by atoms with van der Waals surface area (Å²) >= 11 is 0. The molecule has 2 amide bonds. The maximum Gasteiger partial charge on any atom is 0.419 e. The first kappa shape index (κ1) is 24.7. The van der Waals surface area contributed by atoms with Crippen molar-refractivity contribution in [1.82, 2.24) is 4.90 Å². The molecule has 10 heteroatoms. The van der Waals surface area contributed by atoms with Gasteiger partial charge in [-0.25, -0.2) is 4.39 Å². The summed E-state index contributed by atoms with van der Waals surface area (Å²) < 4.78 is 53.6. The molecule has 1 aliphatic heterocycles. The van der Waals surface area contributed by atoms with Crippen LogP contribution in [0.15, 0.2) is 42.5 Å². The number of carboxylic acids is 1. The number of nitrogens with zero attached hydrogens (tertiary/aromatic N) is 2. The van der Waals surface area contributed by atoms with Gasteiger partial charge in [0.15, 0.2) is 0 Å². The van der Waals surface area contributed by atoms with E-state index in [1.165, 1.54) is 4.90 Å². The van der Waals surface area contributed by atoms with Crippen molar-refractivity contribution in [1.29, 1.82) is 0 Å². The van der Waals surface area contributed by atoms with Gasteiger partial charge in [0.1, 0.15) is 5.82 Å². The van der Waals surface area contributed by atoms with E-state index in [-0.39, 0.29) is 42.3 Å². The number of carbonyl (C=O) groups is 3. The van der Waals surface area contributed by atoms with E-state index in [1.54, 1.807) is 36.1 Å². The third-order valence-corrected chi connectivity index (χ3v) is 6.83. The molecule has 4 rings (SSSR count). The zero-order valence-corrected chi connectivity index (χ0v) is 18.9. The second-order valence-electron chi connectivity index (χ2n) is 8.75. The summed E-state index contributed by atoms with van der Waals surface area (Å²) in [6, 6.07) is 8.38. The lowest BCUT2D eigenvalue weighted by molar-refractivity contribution is -0.142. The molecule has 186 valence electrons. The minimum atomic E-state index is -4.94. The number of fused-ring (bicyclic) bond motifs is 2. The van der Waals surface area contributed by atoms with Crippen molar-refractivity contribution in [2.24, 2.45) is 5.92 Å². The Morgan fingerprint density at radius 3 is 2.40 bits per heavy atom. The third kappa shape index (κ3) is 4.49. The first-order valence-corrected chi connectivity index (χ1v) is 11.3. The lowest BCUT2D eigenvalue weighted by Crippen LogP contribution is -2.58. The number of carboxylic acid groups (broad SMARTS) is 1. The zero-order chi connectivity index (χ0) is 25.5. The van der Waals surface area contributed by atoms with Crippen LogP contribution in [-0.2, 0) is 15.8 Å². The van der Waals surface area contributed by atoms with Crippen molar-refractivity contribution < 1.29 is 37.1 Å². The Balaban J connectivity index is 1.73. The fourth-order valence-electron chi connectivity index (χ4n) is 5.12. The van der Waals surface area contributed by atoms with E-state index in [9.17, 15) is 31.9 Å². The third-order valence-electron chi connectivity index (χ3n) is 6.83. The summed E-state index contributed by atoms with van der Waals surface area (Å²) in [6.45, 7) is 2.13. The average molecular weight is 492 g/mol. The van der Waals surface area contributed by atoms with E-state index in [0.29, 0.717) is 42.8 Å². The summed E-state index contributed by atoms with van der Waals surface area (Å²) in [5.74, 6) is -3.67. The van der Waals surface area contributed by atoms with Gasteiger partial charge in [-0.1, -0.05) is 18.2 Å². The van der Waals surface area contributed by atoms with E-state index in [1.807, 2.05) is 0 Å². The van der Waals surface area contributed by atoms with Crippen LogP contribution >= 0.6 is 0 Å². The number of carbonyl (C=O) groups excluding carboxylic acids is 2. The number of hydrogen-bond donors (Lipinski definition) is 1. The number of alkyl halides is 3. The molecule has 6 nitrogen and oxygen atoms in total. The molecular weight excluding hydrogens is 468 g/mol. The molecular formula is C25H24F4N2O4. The molecule has 35 heavy (non-hydrogen) atoms. The number of hydrogen-bond acceptors (Lipinski definition) is 3. The summed E-state index contributed by atoms with van der Waals surface area (Å²) in [4.78, 5) is 40.4. The second kappa shape index (κ2) is 9.31. The van der Waals surface area contributed by atoms with Crippen LogP contribution in [-0.4, -0.2) is 40.4 Å². The Labute approximate surface area is 199 Å². The number of halogens is 4. The van der Waals surface area contributed by atoms with Gasteiger partial charge in [-0.3, -0.25) is 14.4 Å². The molecule has 0 bridgehead atoms.